The van der Waals surface area contributed by atoms with Crippen molar-refractivity contribution in [2.75, 3.05) is 38.6 Å². The lowest BCUT2D eigenvalue weighted by atomic mass is 10.1. The third kappa shape index (κ3) is 5.66. The monoisotopic (exact) mass is 395 g/mol. The quantitative estimate of drug-likeness (QED) is 0.624. The molecule has 0 bridgehead atoms. The Hall–Kier alpha value is -3.16. The average Bonchev–Trinajstić information content (AvgIpc) is 2.74. The van der Waals surface area contributed by atoms with Gasteiger partial charge in [-0.2, -0.15) is 0 Å². The van der Waals surface area contributed by atoms with E-state index in [-0.39, 0.29) is 11.3 Å². The van der Waals surface area contributed by atoms with E-state index in [9.17, 15) is 14.7 Å². The second-order valence-electron chi connectivity index (χ2n) is 6.77. The van der Waals surface area contributed by atoms with Crippen LogP contribution in [0, 0.1) is 0 Å². The maximum absolute atomic E-state index is 12.2. The Kier molecular flexibility index (Phi) is 6.99. The summed E-state index contributed by atoms with van der Waals surface area (Å²) in [5.74, 6) is -0.709. The zero-order valence-electron chi connectivity index (χ0n) is 16.4. The molecule has 7 heteroatoms. The molecule has 0 aromatic heterocycles. The summed E-state index contributed by atoms with van der Waals surface area (Å²) in [5.41, 5.74) is 2.24. The van der Waals surface area contributed by atoms with Crippen LogP contribution in [0.2, 0.25) is 0 Å². The summed E-state index contributed by atoms with van der Waals surface area (Å²) in [6, 6.07) is 12.1. The molecule has 1 saturated heterocycles. The van der Waals surface area contributed by atoms with Crippen LogP contribution in [0.3, 0.4) is 0 Å². The average molecular weight is 395 g/mol. The van der Waals surface area contributed by atoms with E-state index in [2.05, 4.69) is 15.5 Å². The summed E-state index contributed by atoms with van der Waals surface area (Å²) >= 11 is 0. The minimum atomic E-state index is -1.09. The number of rotatable bonds is 7. The normalized spacial score (nSPS) is 14.7. The molecule has 7 nitrogen and oxygen atoms in total. The summed E-state index contributed by atoms with van der Waals surface area (Å²) < 4.78 is 5.53. The van der Waals surface area contributed by atoms with Gasteiger partial charge in [-0.3, -0.25) is 9.69 Å². The summed E-state index contributed by atoms with van der Waals surface area (Å²) in [6.07, 6.45) is 3.05. The van der Waals surface area contributed by atoms with E-state index in [0.29, 0.717) is 0 Å². The minimum Gasteiger partial charge on any atom is -0.496 e. The SMILES string of the molecule is COc1cc(/C=C/C(=O)Nc2ccccc2C(=O)O)ccc1CN1CCNCC1. The standard InChI is InChI=1S/C22H25N3O4/c1-29-20-14-16(6-8-17(20)15-25-12-10-23-11-13-25)7-9-21(26)24-19-5-3-2-4-18(19)22(27)28/h2-9,14,23H,10-13,15H2,1H3,(H,24,26)(H,27,28)/b9-7+. The largest absolute Gasteiger partial charge is 0.496 e. The first-order valence-corrected chi connectivity index (χ1v) is 9.48. The molecule has 29 heavy (non-hydrogen) atoms. The fourth-order valence-electron chi connectivity index (χ4n) is 3.23. The van der Waals surface area contributed by atoms with Gasteiger partial charge in [0.15, 0.2) is 0 Å². The highest BCUT2D eigenvalue weighted by Crippen LogP contribution is 2.23. The Labute approximate surface area is 170 Å². The number of carboxylic acids is 1. The van der Waals surface area contributed by atoms with Crippen LogP contribution in [0.5, 0.6) is 5.75 Å². The second kappa shape index (κ2) is 9.86. The van der Waals surface area contributed by atoms with Crippen molar-refractivity contribution in [1.82, 2.24) is 10.2 Å². The van der Waals surface area contributed by atoms with Crippen LogP contribution >= 0.6 is 0 Å². The van der Waals surface area contributed by atoms with Crippen molar-refractivity contribution in [3.63, 3.8) is 0 Å². The first kappa shape index (κ1) is 20.6. The van der Waals surface area contributed by atoms with Crippen molar-refractivity contribution in [2.24, 2.45) is 0 Å². The van der Waals surface area contributed by atoms with Crippen molar-refractivity contribution < 1.29 is 19.4 Å². The van der Waals surface area contributed by atoms with E-state index in [0.717, 1.165) is 49.6 Å². The minimum absolute atomic E-state index is 0.0492. The lowest BCUT2D eigenvalue weighted by molar-refractivity contribution is -0.111. The highest BCUT2D eigenvalue weighted by molar-refractivity contribution is 6.06. The lowest BCUT2D eigenvalue weighted by Crippen LogP contribution is -2.42. The molecule has 0 saturated carbocycles. The molecule has 1 aliphatic heterocycles. The number of carbonyl (C=O) groups is 2. The Bertz CT molecular complexity index is 905. The highest BCUT2D eigenvalue weighted by atomic mass is 16.5. The number of ether oxygens (including phenoxy) is 1. The van der Waals surface area contributed by atoms with Gasteiger partial charge >= 0.3 is 5.97 Å². The number of anilines is 1. The molecular weight excluding hydrogens is 370 g/mol. The highest BCUT2D eigenvalue weighted by Gasteiger charge is 2.13. The van der Waals surface area contributed by atoms with E-state index >= 15 is 0 Å². The number of benzene rings is 2. The Morgan fingerprint density at radius 1 is 1.21 bits per heavy atom. The third-order valence-electron chi connectivity index (χ3n) is 4.76. The molecule has 0 radical (unpaired) electrons. The predicted octanol–water partition coefficient (Wildman–Crippen LogP) is 2.45. The van der Waals surface area contributed by atoms with E-state index < -0.39 is 11.9 Å². The molecule has 0 aliphatic carbocycles. The first-order valence-electron chi connectivity index (χ1n) is 9.48. The van der Waals surface area contributed by atoms with Crippen molar-refractivity contribution in [1.29, 1.82) is 0 Å². The predicted molar refractivity (Wildman–Crippen MR) is 112 cm³/mol. The van der Waals surface area contributed by atoms with Crippen LogP contribution < -0.4 is 15.4 Å². The molecule has 152 valence electrons. The number of nitrogens with one attached hydrogen (secondary N) is 2. The smallest absolute Gasteiger partial charge is 0.337 e. The Morgan fingerprint density at radius 3 is 2.69 bits per heavy atom. The summed E-state index contributed by atoms with van der Waals surface area (Å²) in [4.78, 5) is 25.8. The first-order chi connectivity index (χ1) is 14.1. The molecule has 1 aliphatic rings. The maximum atomic E-state index is 12.2. The maximum Gasteiger partial charge on any atom is 0.337 e. The fourth-order valence-corrected chi connectivity index (χ4v) is 3.23. The Balaban J connectivity index is 1.67. The van der Waals surface area contributed by atoms with Crippen LogP contribution in [0.4, 0.5) is 5.69 Å². The molecule has 0 unspecified atom stereocenters. The molecule has 0 spiro atoms. The van der Waals surface area contributed by atoms with Crippen LogP contribution in [0.25, 0.3) is 6.08 Å². The van der Waals surface area contributed by atoms with Gasteiger partial charge in [0, 0.05) is 44.4 Å². The molecule has 3 N–H and O–H groups in total. The summed E-state index contributed by atoms with van der Waals surface area (Å²) in [7, 11) is 1.64. The van der Waals surface area contributed by atoms with E-state index in [1.807, 2.05) is 18.2 Å². The van der Waals surface area contributed by atoms with Crippen molar-refractivity contribution in [3.8, 4) is 5.75 Å². The van der Waals surface area contributed by atoms with Crippen LogP contribution in [-0.2, 0) is 11.3 Å². The van der Waals surface area contributed by atoms with Crippen molar-refractivity contribution >= 4 is 23.6 Å². The number of hydrogen-bond donors (Lipinski definition) is 3. The van der Waals surface area contributed by atoms with E-state index in [1.54, 1.807) is 31.4 Å². The van der Waals surface area contributed by atoms with Gasteiger partial charge in [0.05, 0.1) is 18.4 Å². The third-order valence-corrected chi connectivity index (χ3v) is 4.76. The van der Waals surface area contributed by atoms with Gasteiger partial charge in [-0.1, -0.05) is 24.3 Å². The number of carbonyl (C=O) groups excluding carboxylic acids is 1. The van der Waals surface area contributed by atoms with Crippen LogP contribution in [0.15, 0.2) is 48.5 Å². The van der Waals surface area contributed by atoms with Crippen LogP contribution in [0.1, 0.15) is 21.5 Å². The number of hydrogen-bond acceptors (Lipinski definition) is 5. The number of amides is 1. The molecule has 3 rings (SSSR count). The molecule has 0 atom stereocenters. The number of carboxylic acid groups (broad SMARTS) is 1. The zero-order valence-corrected chi connectivity index (χ0v) is 16.4. The summed E-state index contributed by atoms with van der Waals surface area (Å²) in [6.45, 7) is 4.80. The number of aromatic carboxylic acids is 1. The van der Waals surface area contributed by atoms with Gasteiger partial charge in [-0.05, 0) is 29.8 Å². The zero-order chi connectivity index (χ0) is 20.6. The van der Waals surface area contributed by atoms with Crippen molar-refractivity contribution in [2.45, 2.75) is 6.54 Å². The van der Waals surface area contributed by atoms with Gasteiger partial charge in [0.1, 0.15) is 5.75 Å². The molecular formula is C22H25N3O4. The lowest BCUT2D eigenvalue weighted by Gasteiger charge is -2.27. The van der Waals surface area contributed by atoms with Gasteiger partial charge in [0.2, 0.25) is 5.91 Å². The van der Waals surface area contributed by atoms with E-state index in [4.69, 9.17) is 4.74 Å². The molecule has 1 heterocycles. The number of methoxy groups -OCH3 is 1. The molecule has 1 fully saturated rings. The number of piperazine rings is 1. The van der Waals surface area contributed by atoms with Crippen LogP contribution in [-0.4, -0.2) is 55.2 Å². The Morgan fingerprint density at radius 2 is 1.97 bits per heavy atom. The number of para-hydroxylation sites is 1. The molecule has 2 aromatic rings. The fraction of sp³-hybridized carbons (Fsp3) is 0.273. The molecule has 2 aromatic carbocycles. The number of nitrogens with zero attached hydrogens (tertiary/aromatic N) is 1. The van der Waals surface area contributed by atoms with Gasteiger partial charge in [-0.15, -0.1) is 0 Å². The topological polar surface area (TPSA) is 90.9 Å². The summed E-state index contributed by atoms with van der Waals surface area (Å²) in [5, 5.41) is 15.1. The second-order valence-corrected chi connectivity index (χ2v) is 6.77. The van der Waals surface area contributed by atoms with Crippen molar-refractivity contribution in [3.05, 3.63) is 65.2 Å². The molecule has 1 amide bonds. The van der Waals surface area contributed by atoms with Gasteiger partial charge < -0.3 is 20.5 Å². The van der Waals surface area contributed by atoms with E-state index in [1.165, 1.54) is 12.1 Å². The van der Waals surface area contributed by atoms with Gasteiger partial charge in [-0.25, -0.2) is 4.79 Å². The van der Waals surface area contributed by atoms with Gasteiger partial charge in [0.25, 0.3) is 0 Å².